The molecule has 1 atom stereocenters. The van der Waals surface area contributed by atoms with Crippen molar-refractivity contribution in [3.63, 3.8) is 0 Å². The van der Waals surface area contributed by atoms with Gasteiger partial charge in [-0.3, -0.25) is 4.79 Å². The summed E-state index contributed by atoms with van der Waals surface area (Å²) in [5.74, 6) is -1.53. The first kappa shape index (κ1) is 16.5. The smallest absolute Gasteiger partial charge is 0.173 e. The number of thiophene rings is 1. The van der Waals surface area contributed by atoms with Crippen LogP contribution in [0.5, 0.6) is 0 Å². The predicted octanol–water partition coefficient (Wildman–Crippen LogP) is 5.07. The van der Waals surface area contributed by atoms with Crippen LogP contribution >= 0.6 is 34.5 Å². The van der Waals surface area contributed by atoms with Gasteiger partial charge in [0.15, 0.2) is 5.78 Å². The summed E-state index contributed by atoms with van der Waals surface area (Å²) in [5, 5.41) is 18.9. The van der Waals surface area contributed by atoms with Crippen LogP contribution in [0.2, 0.25) is 9.36 Å². The summed E-state index contributed by atoms with van der Waals surface area (Å²) >= 11 is 12.9. The Kier molecular flexibility index (Phi) is 5.57. The number of hydrogen-bond donors (Lipinski definition) is 0. The molecule has 0 N–H and O–H groups in total. The summed E-state index contributed by atoms with van der Waals surface area (Å²) in [5.41, 5.74) is 0.744. The van der Waals surface area contributed by atoms with Crippen molar-refractivity contribution in [2.24, 2.45) is 5.92 Å². The highest BCUT2D eigenvalue weighted by Gasteiger charge is 2.26. The number of nitriles is 2. The second-order valence-electron chi connectivity index (χ2n) is 4.62. The predicted molar refractivity (Wildman–Crippen MR) is 87.2 cm³/mol. The highest BCUT2D eigenvalue weighted by molar-refractivity contribution is 7.18. The number of carbonyl (C=O) groups excluding carboxylic acids is 1. The van der Waals surface area contributed by atoms with Crippen molar-refractivity contribution in [3.8, 4) is 12.1 Å². The van der Waals surface area contributed by atoms with Crippen LogP contribution in [0, 0.1) is 28.6 Å². The molecule has 2 aromatic rings. The highest BCUT2D eigenvalue weighted by atomic mass is 35.5. The van der Waals surface area contributed by atoms with Gasteiger partial charge in [-0.15, -0.1) is 11.3 Å². The van der Waals surface area contributed by atoms with Crippen LogP contribution in [0.1, 0.15) is 27.6 Å². The van der Waals surface area contributed by atoms with Crippen LogP contribution in [0.15, 0.2) is 36.4 Å². The number of ketones is 1. The largest absolute Gasteiger partial charge is 0.293 e. The maximum atomic E-state index is 12.4. The Morgan fingerprint density at radius 3 is 2.23 bits per heavy atom. The number of rotatable bonds is 5. The Morgan fingerprint density at radius 2 is 1.73 bits per heavy atom. The van der Waals surface area contributed by atoms with Gasteiger partial charge in [0.1, 0.15) is 5.92 Å². The summed E-state index contributed by atoms with van der Waals surface area (Å²) in [7, 11) is 0. The third kappa shape index (κ3) is 3.87. The van der Waals surface area contributed by atoms with E-state index in [0.29, 0.717) is 14.2 Å². The molecule has 3 nitrogen and oxygen atoms in total. The minimum atomic E-state index is -0.902. The first-order chi connectivity index (χ1) is 10.5. The molecule has 0 aliphatic carbocycles. The number of nitrogens with zero attached hydrogens (tertiary/aromatic N) is 2. The van der Waals surface area contributed by atoms with E-state index in [1.165, 1.54) is 11.3 Å². The lowest BCUT2D eigenvalue weighted by Gasteiger charge is -2.17. The molecule has 0 bridgehead atoms. The Labute approximate surface area is 142 Å². The lowest BCUT2D eigenvalue weighted by Crippen LogP contribution is -2.14. The van der Waals surface area contributed by atoms with Gasteiger partial charge in [0.05, 0.1) is 21.4 Å². The molecule has 0 spiro atoms. The molecule has 0 fully saturated rings. The molecule has 0 amide bonds. The summed E-state index contributed by atoms with van der Waals surface area (Å²) in [6, 6.07) is 14.1. The van der Waals surface area contributed by atoms with Crippen LogP contribution < -0.4 is 0 Å². The molecule has 1 aromatic heterocycles. The Bertz CT molecular complexity index is 742. The fourth-order valence-corrected chi connectivity index (χ4v) is 3.23. The third-order valence-electron chi connectivity index (χ3n) is 3.23. The van der Waals surface area contributed by atoms with E-state index in [1.54, 1.807) is 36.4 Å². The molecular weight excluding hydrogens is 339 g/mol. The van der Waals surface area contributed by atoms with Crippen molar-refractivity contribution in [1.82, 2.24) is 0 Å². The molecule has 22 heavy (non-hydrogen) atoms. The van der Waals surface area contributed by atoms with Crippen molar-refractivity contribution >= 4 is 40.3 Å². The first-order valence-electron chi connectivity index (χ1n) is 6.38. The second kappa shape index (κ2) is 7.42. The summed E-state index contributed by atoms with van der Waals surface area (Å²) in [6.45, 7) is 0. The molecule has 2 rings (SSSR count). The number of halogens is 2. The lowest BCUT2D eigenvalue weighted by atomic mass is 9.83. The van der Waals surface area contributed by atoms with Gasteiger partial charge in [-0.2, -0.15) is 10.5 Å². The number of carbonyl (C=O) groups is 1. The average Bonchev–Trinajstić information content (AvgIpc) is 2.95. The molecule has 0 aliphatic rings. The summed E-state index contributed by atoms with van der Waals surface area (Å²) in [4.78, 5) is 12.9. The zero-order valence-electron chi connectivity index (χ0n) is 11.3. The molecule has 0 saturated heterocycles. The average molecular weight is 349 g/mol. The van der Waals surface area contributed by atoms with E-state index in [9.17, 15) is 15.3 Å². The maximum Gasteiger partial charge on any atom is 0.173 e. The van der Waals surface area contributed by atoms with E-state index in [-0.39, 0.29) is 12.2 Å². The van der Waals surface area contributed by atoms with Crippen LogP contribution in [0.3, 0.4) is 0 Å². The van der Waals surface area contributed by atoms with Crippen LogP contribution in [0.4, 0.5) is 0 Å². The topological polar surface area (TPSA) is 64.7 Å². The van der Waals surface area contributed by atoms with Crippen LogP contribution in [-0.4, -0.2) is 5.78 Å². The van der Waals surface area contributed by atoms with Crippen molar-refractivity contribution in [3.05, 3.63) is 56.2 Å². The second-order valence-corrected chi connectivity index (χ2v) is 6.78. The maximum absolute atomic E-state index is 12.4. The quantitative estimate of drug-likeness (QED) is 0.708. The fraction of sp³-hybridized carbons (Fsp3) is 0.188. The fourth-order valence-electron chi connectivity index (χ4n) is 2.11. The van der Waals surface area contributed by atoms with E-state index in [4.69, 9.17) is 23.2 Å². The van der Waals surface area contributed by atoms with Gasteiger partial charge >= 0.3 is 0 Å². The first-order valence-corrected chi connectivity index (χ1v) is 7.95. The zero-order valence-corrected chi connectivity index (χ0v) is 13.6. The van der Waals surface area contributed by atoms with Crippen molar-refractivity contribution in [1.29, 1.82) is 10.5 Å². The van der Waals surface area contributed by atoms with Gasteiger partial charge in [0.25, 0.3) is 0 Å². The van der Waals surface area contributed by atoms with Crippen molar-refractivity contribution in [2.75, 3.05) is 0 Å². The van der Waals surface area contributed by atoms with Crippen molar-refractivity contribution in [2.45, 2.75) is 12.3 Å². The van der Waals surface area contributed by atoms with Gasteiger partial charge < -0.3 is 0 Å². The molecule has 1 heterocycles. The van der Waals surface area contributed by atoms with E-state index in [2.05, 4.69) is 0 Å². The Morgan fingerprint density at radius 1 is 1.09 bits per heavy atom. The molecule has 6 heteroatoms. The van der Waals surface area contributed by atoms with Gasteiger partial charge in [-0.25, -0.2) is 0 Å². The minimum absolute atomic E-state index is 0.0737. The molecule has 0 aliphatic heterocycles. The van der Waals surface area contributed by atoms with Crippen molar-refractivity contribution < 1.29 is 4.79 Å². The van der Waals surface area contributed by atoms with Gasteiger partial charge in [0, 0.05) is 17.4 Å². The van der Waals surface area contributed by atoms with Gasteiger partial charge in [-0.05, 0) is 29.8 Å². The molecule has 1 aromatic carbocycles. The summed E-state index contributed by atoms with van der Waals surface area (Å²) in [6.07, 6.45) is 0.0737. The van der Waals surface area contributed by atoms with E-state index in [0.717, 1.165) is 5.56 Å². The summed E-state index contributed by atoms with van der Waals surface area (Å²) < 4.78 is 0.531. The van der Waals surface area contributed by atoms with Gasteiger partial charge in [-0.1, -0.05) is 35.3 Å². The molecule has 110 valence electrons. The normalized spacial score (nSPS) is 11.7. The van der Waals surface area contributed by atoms with E-state index in [1.807, 2.05) is 12.1 Å². The number of hydrogen-bond acceptors (Lipinski definition) is 4. The molecule has 0 saturated carbocycles. The van der Waals surface area contributed by atoms with Gasteiger partial charge in [0.2, 0.25) is 0 Å². The number of Topliss-reactive ketones (excluding diaryl/α,β-unsaturated/α-hetero) is 1. The molecule has 1 unspecified atom stereocenters. The van der Waals surface area contributed by atoms with Crippen LogP contribution in [0.25, 0.3) is 0 Å². The minimum Gasteiger partial charge on any atom is -0.293 e. The molecular formula is C16H10Cl2N2OS. The van der Waals surface area contributed by atoms with Crippen LogP contribution in [-0.2, 0) is 0 Å². The Balaban J connectivity index is 2.29. The third-order valence-corrected chi connectivity index (χ3v) is 4.76. The van der Waals surface area contributed by atoms with E-state index < -0.39 is 11.8 Å². The lowest BCUT2D eigenvalue weighted by molar-refractivity contribution is 0.0975. The Hall–Kier alpha value is -1.85. The zero-order chi connectivity index (χ0) is 16.1. The number of benzene rings is 1. The molecule has 0 radical (unpaired) electrons. The SMILES string of the molecule is N#CC(C#N)C(CC(=O)c1ccc(Cl)s1)c1ccc(Cl)cc1. The standard InChI is InChI=1S/C16H10Cl2N2OS/c17-12-3-1-10(2-4-12)13(11(8-19)9-20)7-14(21)15-5-6-16(18)22-15/h1-6,11,13H,7H2. The van der Waals surface area contributed by atoms with E-state index >= 15 is 0 Å². The monoisotopic (exact) mass is 348 g/mol. The highest BCUT2D eigenvalue weighted by Crippen LogP contribution is 2.32.